The van der Waals surface area contributed by atoms with Gasteiger partial charge in [-0.05, 0) is 39.8 Å². The van der Waals surface area contributed by atoms with Crippen molar-refractivity contribution in [2.24, 2.45) is 0 Å². The van der Waals surface area contributed by atoms with Crippen molar-refractivity contribution in [3.8, 4) is 0 Å². The molecule has 2 rings (SSSR count). The number of benzene rings is 1. The monoisotopic (exact) mass is 246 g/mol. The molecule has 0 aliphatic carbocycles. The van der Waals surface area contributed by atoms with Gasteiger partial charge < -0.3 is 10.2 Å². The number of anilines is 1. The Hall–Kier alpha value is -1.35. The summed E-state index contributed by atoms with van der Waals surface area (Å²) in [7, 11) is 0. The highest BCUT2D eigenvalue weighted by atomic mass is 16.1. The molecule has 0 radical (unpaired) electrons. The highest BCUT2D eigenvalue weighted by Gasteiger charge is 2.30. The van der Waals surface area contributed by atoms with Gasteiger partial charge in [-0.25, -0.2) is 0 Å². The quantitative estimate of drug-likeness (QED) is 0.814. The van der Waals surface area contributed by atoms with Gasteiger partial charge in [0.25, 0.3) is 0 Å². The van der Waals surface area contributed by atoms with Crippen LogP contribution in [0, 0.1) is 0 Å². The maximum absolute atomic E-state index is 11.5. The predicted molar refractivity (Wildman–Crippen MR) is 75.3 cm³/mol. The lowest BCUT2D eigenvalue weighted by Gasteiger charge is -2.44. The molecule has 1 aromatic rings. The fraction of sp³-hybridized carbons (Fsp3) is 0.533. The molecule has 0 bridgehead atoms. The maximum Gasteiger partial charge on any atom is 0.159 e. The number of rotatable bonds is 2. The lowest BCUT2D eigenvalue weighted by Crippen LogP contribution is -2.61. The van der Waals surface area contributed by atoms with Crippen LogP contribution in [0.5, 0.6) is 0 Å². The molecule has 0 spiro atoms. The van der Waals surface area contributed by atoms with E-state index in [1.54, 1.807) is 6.92 Å². The summed E-state index contributed by atoms with van der Waals surface area (Å²) in [5.74, 6) is 0.124. The van der Waals surface area contributed by atoms with Gasteiger partial charge in [-0.1, -0.05) is 12.1 Å². The number of nitrogens with zero attached hydrogens (tertiary/aromatic N) is 1. The maximum atomic E-state index is 11.5. The van der Waals surface area contributed by atoms with Crippen molar-refractivity contribution in [2.45, 2.75) is 39.3 Å². The first-order chi connectivity index (χ1) is 8.39. The average molecular weight is 246 g/mol. The molecule has 0 amide bonds. The van der Waals surface area contributed by atoms with Crippen molar-refractivity contribution in [1.29, 1.82) is 0 Å². The Balaban J connectivity index is 2.29. The molecule has 3 heteroatoms. The Labute approximate surface area is 109 Å². The molecule has 1 N–H and O–H groups in total. The molecule has 98 valence electrons. The molecule has 0 saturated carbocycles. The number of piperazine rings is 1. The number of hydrogen-bond donors (Lipinski definition) is 1. The van der Waals surface area contributed by atoms with E-state index in [4.69, 9.17) is 0 Å². The number of hydrogen-bond acceptors (Lipinski definition) is 3. The van der Waals surface area contributed by atoms with Crippen molar-refractivity contribution < 1.29 is 4.79 Å². The summed E-state index contributed by atoms with van der Waals surface area (Å²) >= 11 is 0. The molecular formula is C15H22N2O. The number of Topliss-reactive ketones (excluding diaryl/α,β-unsaturated/α-hetero) is 1. The van der Waals surface area contributed by atoms with Crippen molar-refractivity contribution in [3.63, 3.8) is 0 Å². The minimum absolute atomic E-state index is 0.110. The van der Waals surface area contributed by atoms with Crippen molar-refractivity contribution in [2.75, 3.05) is 18.0 Å². The zero-order chi connectivity index (χ0) is 13.3. The average Bonchev–Trinajstić information content (AvgIpc) is 2.32. The van der Waals surface area contributed by atoms with E-state index in [0.29, 0.717) is 6.04 Å². The van der Waals surface area contributed by atoms with E-state index in [1.165, 1.54) is 0 Å². The summed E-state index contributed by atoms with van der Waals surface area (Å²) in [4.78, 5) is 13.8. The van der Waals surface area contributed by atoms with Crippen molar-refractivity contribution in [1.82, 2.24) is 5.32 Å². The van der Waals surface area contributed by atoms with E-state index in [1.807, 2.05) is 18.2 Å². The second-order valence-corrected chi connectivity index (χ2v) is 5.85. The van der Waals surface area contributed by atoms with Crippen LogP contribution in [-0.4, -0.2) is 30.5 Å². The van der Waals surface area contributed by atoms with Crippen LogP contribution in [0.2, 0.25) is 0 Å². The Morgan fingerprint density at radius 1 is 1.44 bits per heavy atom. The minimum atomic E-state index is 0.110. The van der Waals surface area contributed by atoms with E-state index >= 15 is 0 Å². The Bertz CT molecular complexity index is 454. The van der Waals surface area contributed by atoms with Gasteiger partial charge in [0.15, 0.2) is 5.78 Å². The van der Waals surface area contributed by atoms with Crippen molar-refractivity contribution in [3.05, 3.63) is 29.8 Å². The minimum Gasteiger partial charge on any atom is -0.366 e. The third-order valence-corrected chi connectivity index (χ3v) is 3.56. The SMILES string of the molecule is CC(=O)c1cccc(N2CC(C)(C)NCC2C)c1. The summed E-state index contributed by atoms with van der Waals surface area (Å²) in [5.41, 5.74) is 2.04. The standard InChI is InChI=1S/C15H22N2O/c1-11-9-16-15(3,4)10-17(11)14-7-5-6-13(8-14)12(2)18/h5-8,11,16H,9-10H2,1-4H3. The third-order valence-electron chi connectivity index (χ3n) is 3.56. The fourth-order valence-corrected chi connectivity index (χ4v) is 2.42. The summed E-state index contributed by atoms with van der Waals surface area (Å²) in [6.45, 7) is 10.2. The van der Waals surface area contributed by atoms with Crippen LogP contribution in [0.3, 0.4) is 0 Å². The van der Waals surface area contributed by atoms with Gasteiger partial charge in [-0.2, -0.15) is 0 Å². The molecular weight excluding hydrogens is 224 g/mol. The van der Waals surface area contributed by atoms with Crippen LogP contribution in [0.15, 0.2) is 24.3 Å². The highest BCUT2D eigenvalue weighted by molar-refractivity contribution is 5.95. The van der Waals surface area contributed by atoms with Crippen LogP contribution < -0.4 is 10.2 Å². The summed E-state index contributed by atoms with van der Waals surface area (Å²) in [6, 6.07) is 8.38. The van der Waals surface area contributed by atoms with E-state index in [-0.39, 0.29) is 11.3 Å². The lowest BCUT2D eigenvalue weighted by molar-refractivity contribution is 0.101. The van der Waals surface area contributed by atoms with Crippen molar-refractivity contribution >= 4 is 11.5 Å². The number of ketones is 1. The second kappa shape index (κ2) is 4.73. The molecule has 18 heavy (non-hydrogen) atoms. The topological polar surface area (TPSA) is 32.3 Å². The van der Waals surface area contributed by atoms with Crippen LogP contribution >= 0.6 is 0 Å². The zero-order valence-corrected chi connectivity index (χ0v) is 11.7. The van der Waals surface area contributed by atoms with E-state index < -0.39 is 0 Å². The molecule has 1 fully saturated rings. The Kier molecular flexibility index (Phi) is 3.44. The molecule has 1 aliphatic heterocycles. The molecule has 1 unspecified atom stereocenters. The molecule has 1 heterocycles. The molecule has 1 aromatic carbocycles. The first kappa shape index (κ1) is 13.1. The fourth-order valence-electron chi connectivity index (χ4n) is 2.42. The zero-order valence-electron chi connectivity index (χ0n) is 11.7. The summed E-state index contributed by atoms with van der Waals surface area (Å²) in [6.07, 6.45) is 0. The van der Waals surface area contributed by atoms with Gasteiger partial charge in [-0.15, -0.1) is 0 Å². The lowest BCUT2D eigenvalue weighted by atomic mass is 9.98. The summed E-state index contributed by atoms with van der Waals surface area (Å²) < 4.78 is 0. The van der Waals surface area contributed by atoms with Gasteiger partial charge in [0.05, 0.1) is 0 Å². The van der Waals surface area contributed by atoms with Gasteiger partial charge >= 0.3 is 0 Å². The predicted octanol–water partition coefficient (Wildman–Crippen LogP) is 2.47. The smallest absolute Gasteiger partial charge is 0.159 e. The molecule has 0 aromatic heterocycles. The van der Waals surface area contributed by atoms with Crippen LogP contribution in [-0.2, 0) is 0 Å². The molecule has 3 nitrogen and oxygen atoms in total. The Morgan fingerprint density at radius 2 is 2.17 bits per heavy atom. The number of nitrogens with one attached hydrogen (secondary N) is 1. The van der Waals surface area contributed by atoms with Crippen LogP contribution in [0.25, 0.3) is 0 Å². The highest BCUT2D eigenvalue weighted by Crippen LogP contribution is 2.24. The van der Waals surface area contributed by atoms with E-state index in [9.17, 15) is 4.79 Å². The van der Waals surface area contributed by atoms with Gasteiger partial charge in [0.1, 0.15) is 0 Å². The normalized spacial score (nSPS) is 22.9. The first-order valence-electron chi connectivity index (χ1n) is 6.52. The molecule has 1 saturated heterocycles. The molecule has 1 aliphatic rings. The number of carbonyl (C=O) groups excluding carboxylic acids is 1. The first-order valence-corrected chi connectivity index (χ1v) is 6.52. The van der Waals surface area contributed by atoms with E-state index in [2.05, 4.69) is 37.1 Å². The number of carbonyl (C=O) groups is 1. The van der Waals surface area contributed by atoms with E-state index in [0.717, 1.165) is 24.3 Å². The Morgan fingerprint density at radius 3 is 2.83 bits per heavy atom. The third kappa shape index (κ3) is 2.72. The van der Waals surface area contributed by atoms with Gasteiger partial charge in [0, 0.05) is 35.9 Å². The van der Waals surface area contributed by atoms with Crippen LogP contribution in [0.4, 0.5) is 5.69 Å². The molecule has 1 atom stereocenters. The van der Waals surface area contributed by atoms with Crippen LogP contribution in [0.1, 0.15) is 38.1 Å². The van der Waals surface area contributed by atoms with Gasteiger partial charge in [0.2, 0.25) is 0 Å². The van der Waals surface area contributed by atoms with Gasteiger partial charge in [-0.3, -0.25) is 4.79 Å². The summed E-state index contributed by atoms with van der Waals surface area (Å²) in [5, 5.41) is 3.54. The largest absolute Gasteiger partial charge is 0.366 e. The second-order valence-electron chi connectivity index (χ2n) is 5.85.